The first-order valence-corrected chi connectivity index (χ1v) is 14.4. The maximum Gasteiger partial charge on any atom is 0.164 e. The molecule has 0 aliphatic carbocycles. The Bertz CT molecular complexity index is 1300. The van der Waals surface area contributed by atoms with Crippen LogP contribution in [0.2, 0.25) is 0 Å². The Balaban J connectivity index is 0. The Hall–Kier alpha value is -2.82. The Morgan fingerprint density at radius 2 is 0.870 bits per heavy atom. The number of aromatic nitrogens is 4. The molecular weight excluding hydrogens is 943 g/mol. The zero-order chi connectivity index (χ0) is 33.9. The van der Waals surface area contributed by atoms with Crippen LogP contribution in [0.5, 0.6) is 0 Å². The quantitative estimate of drug-likeness (QED) is 0.152. The van der Waals surface area contributed by atoms with Crippen molar-refractivity contribution in [2.75, 3.05) is 0 Å². The second kappa shape index (κ2) is 19.1. The van der Waals surface area contributed by atoms with Crippen LogP contribution in [-0.4, -0.2) is 41.7 Å². The van der Waals surface area contributed by atoms with Crippen molar-refractivity contribution in [2.24, 2.45) is 21.7 Å². The first-order valence-electron chi connectivity index (χ1n) is 14.4. The van der Waals surface area contributed by atoms with Crippen molar-refractivity contribution >= 4 is 11.6 Å². The number of hydrogen-bond acceptors (Lipinski definition) is 8. The van der Waals surface area contributed by atoms with Crippen LogP contribution in [0.4, 0.5) is 0 Å². The van der Waals surface area contributed by atoms with Gasteiger partial charge in [-0.2, -0.15) is 0 Å². The van der Waals surface area contributed by atoms with E-state index in [-0.39, 0.29) is 76.0 Å². The smallest absolute Gasteiger partial charge is 0.164 e. The molecule has 10 heteroatoms. The molecule has 0 saturated carbocycles. The summed E-state index contributed by atoms with van der Waals surface area (Å²) in [7, 11) is 0. The van der Waals surface area contributed by atoms with E-state index in [0.717, 1.165) is 11.4 Å². The van der Waals surface area contributed by atoms with E-state index in [0.29, 0.717) is 11.4 Å². The largest absolute Gasteiger partial charge is 0.512 e. The van der Waals surface area contributed by atoms with E-state index in [9.17, 15) is 19.8 Å². The van der Waals surface area contributed by atoms with Gasteiger partial charge in [-0.15, -0.1) is 35.9 Å². The average molecular weight is 991 g/mol. The van der Waals surface area contributed by atoms with E-state index in [1.54, 1.807) is 12.4 Å². The van der Waals surface area contributed by atoms with Gasteiger partial charge in [0.15, 0.2) is 11.6 Å². The van der Waals surface area contributed by atoms with E-state index in [2.05, 4.69) is 32.3 Å². The molecule has 3 rings (SSSR count). The van der Waals surface area contributed by atoms with Crippen LogP contribution in [0.1, 0.15) is 83.1 Å². The van der Waals surface area contributed by atoms with Crippen molar-refractivity contribution in [3.05, 3.63) is 84.9 Å². The molecule has 0 aromatic carbocycles. The second-order valence-corrected chi connectivity index (χ2v) is 14.4. The summed E-state index contributed by atoms with van der Waals surface area (Å²) in [5.74, 6) is 0.208. The fourth-order valence-corrected chi connectivity index (χ4v) is 2.62. The topological polar surface area (TPSA) is 126 Å². The Morgan fingerprint density at radius 1 is 0.565 bits per heavy atom. The summed E-state index contributed by atoms with van der Waals surface area (Å²) in [6, 6.07) is 11.2. The second-order valence-electron chi connectivity index (χ2n) is 14.4. The molecule has 0 atom stereocenters. The van der Waals surface area contributed by atoms with Crippen LogP contribution in [0.25, 0.3) is 22.8 Å². The number of rotatable bonds is 4. The molecule has 2 N–H and O–H groups in total. The molecule has 0 saturated heterocycles. The fraction of sp³-hybridized carbons (Fsp3) is 0.444. The molecule has 0 aliphatic heterocycles. The van der Waals surface area contributed by atoms with E-state index in [1.807, 2.05) is 119 Å². The first kappa shape index (κ1) is 45.3. The van der Waals surface area contributed by atoms with Gasteiger partial charge in [0.05, 0.1) is 0 Å². The summed E-state index contributed by atoms with van der Waals surface area (Å²) in [4.78, 5) is 39.7. The third kappa shape index (κ3) is 16.7. The molecule has 46 heavy (non-hydrogen) atoms. The molecule has 0 spiro atoms. The van der Waals surface area contributed by atoms with Crippen molar-refractivity contribution in [2.45, 2.75) is 83.1 Å². The van der Waals surface area contributed by atoms with E-state index >= 15 is 0 Å². The molecular formula is C36H48N4O4Pt2-2. The predicted octanol–water partition coefficient (Wildman–Crippen LogP) is 8.38. The number of nitrogens with zero attached hydrogens (tertiary/aromatic N) is 4. The van der Waals surface area contributed by atoms with E-state index < -0.39 is 10.8 Å². The fourth-order valence-electron chi connectivity index (χ4n) is 2.62. The summed E-state index contributed by atoms with van der Waals surface area (Å²) < 4.78 is 0. The summed E-state index contributed by atoms with van der Waals surface area (Å²) in [5, 5.41) is 19.1. The monoisotopic (exact) mass is 990 g/mol. The Labute approximate surface area is 304 Å². The van der Waals surface area contributed by atoms with Gasteiger partial charge < -0.3 is 30.1 Å². The summed E-state index contributed by atoms with van der Waals surface area (Å²) in [5.41, 5.74) is 1.09. The molecule has 0 aliphatic rings. The maximum absolute atomic E-state index is 11.5. The van der Waals surface area contributed by atoms with Crippen molar-refractivity contribution in [1.29, 1.82) is 0 Å². The van der Waals surface area contributed by atoms with E-state index in [4.69, 9.17) is 0 Å². The van der Waals surface area contributed by atoms with Gasteiger partial charge in [0, 0.05) is 88.3 Å². The number of pyridine rings is 2. The van der Waals surface area contributed by atoms with Gasteiger partial charge in [-0.3, -0.25) is 9.59 Å². The van der Waals surface area contributed by atoms with Crippen molar-refractivity contribution < 1.29 is 61.9 Å². The number of carbonyl (C=O) groups is 2. The molecule has 0 unspecified atom stereocenters. The zero-order valence-electron chi connectivity index (χ0n) is 28.9. The Morgan fingerprint density at radius 3 is 1.07 bits per heavy atom. The van der Waals surface area contributed by atoms with Gasteiger partial charge >= 0.3 is 0 Å². The summed E-state index contributed by atoms with van der Waals surface area (Å²) >= 11 is 0. The van der Waals surface area contributed by atoms with Gasteiger partial charge in [-0.1, -0.05) is 107 Å². The predicted molar refractivity (Wildman–Crippen MR) is 175 cm³/mol. The minimum absolute atomic E-state index is 0. The van der Waals surface area contributed by atoms with Crippen molar-refractivity contribution in [3.63, 3.8) is 0 Å². The third-order valence-corrected chi connectivity index (χ3v) is 5.91. The number of aliphatic hydroxyl groups is 2. The molecule has 3 aromatic heterocycles. The van der Waals surface area contributed by atoms with Crippen LogP contribution < -0.4 is 0 Å². The number of carbonyl (C=O) groups excluding carboxylic acids is 2. The number of allylic oxidation sites excluding steroid dienone is 4. The minimum Gasteiger partial charge on any atom is -0.512 e. The van der Waals surface area contributed by atoms with Crippen LogP contribution >= 0.6 is 0 Å². The van der Waals surface area contributed by atoms with Crippen LogP contribution in [0, 0.1) is 34.1 Å². The van der Waals surface area contributed by atoms with Crippen LogP contribution in [-0.2, 0) is 51.7 Å². The standard InChI is InChI=1S/C14H8N4.2C11H20O2.2Pt/c1-3-7-15-11(5-1)13-9-18-14(10-17-13)12-6-2-4-8-16-12;2*1-10(2,3)8(12)7-9(13)11(4,5)6;;/h1-8H;2*7,12H,1-6H3;;/q-2;;;;/b;2*8-7-;;. The van der Waals surface area contributed by atoms with Crippen molar-refractivity contribution in [3.8, 4) is 22.8 Å². The van der Waals surface area contributed by atoms with Crippen LogP contribution in [0.3, 0.4) is 0 Å². The normalized spacial score (nSPS) is 12.2. The molecule has 0 radical (unpaired) electrons. The van der Waals surface area contributed by atoms with Gasteiger partial charge in [0.1, 0.15) is 11.5 Å². The van der Waals surface area contributed by atoms with Gasteiger partial charge in [0.2, 0.25) is 0 Å². The van der Waals surface area contributed by atoms with Gasteiger partial charge in [-0.25, -0.2) is 0 Å². The van der Waals surface area contributed by atoms with Crippen LogP contribution in [0.15, 0.2) is 72.5 Å². The summed E-state index contributed by atoms with van der Waals surface area (Å²) in [6.07, 6.45) is 11.8. The third-order valence-electron chi connectivity index (χ3n) is 5.91. The molecule has 0 amide bonds. The molecule has 0 fully saturated rings. The minimum atomic E-state index is -0.417. The zero-order valence-corrected chi connectivity index (χ0v) is 33.5. The summed E-state index contributed by atoms with van der Waals surface area (Å²) in [6.45, 7) is 22.2. The maximum atomic E-state index is 11.5. The first-order chi connectivity index (χ1) is 20.0. The van der Waals surface area contributed by atoms with E-state index in [1.165, 1.54) is 12.2 Å². The SMILES string of the molecule is CC(C)(C)C(=O)/C=C(\O)C(C)(C)C.CC(C)(C)C(=O)/C=C(\O)C(C)(C)C.[Pt].[Pt].[c-]1nc(-c2ccccn2)[c-]nc1-c1ccccn1. The van der Waals surface area contributed by atoms with Gasteiger partial charge in [-0.05, 0) is 12.1 Å². The molecule has 3 heterocycles. The Kier molecular flexibility index (Phi) is 18.8. The molecule has 8 nitrogen and oxygen atoms in total. The van der Waals surface area contributed by atoms with Gasteiger partial charge in [0.25, 0.3) is 0 Å². The molecule has 258 valence electrons. The van der Waals surface area contributed by atoms with Crippen molar-refractivity contribution in [1.82, 2.24) is 19.9 Å². The molecule has 3 aromatic rings. The average Bonchev–Trinajstić information content (AvgIpc) is 2.93. The number of ketones is 2. The number of hydrogen-bond donors (Lipinski definition) is 2. The number of aliphatic hydroxyl groups excluding tert-OH is 2. The molecule has 0 bridgehead atoms.